The molecular formula is C17H24N2O3. The lowest BCUT2D eigenvalue weighted by molar-refractivity contribution is -0.111. The van der Waals surface area contributed by atoms with Crippen molar-refractivity contribution >= 4 is 12.0 Å². The van der Waals surface area contributed by atoms with E-state index in [9.17, 15) is 15.0 Å². The monoisotopic (exact) mass is 304 g/mol. The number of piperidine rings is 2. The Kier molecular flexibility index (Phi) is 4.76. The normalized spacial score (nSPS) is 30.3. The molecule has 5 heteroatoms. The van der Waals surface area contributed by atoms with Crippen molar-refractivity contribution in [1.29, 1.82) is 0 Å². The van der Waals surface area contributed by atoms with Crippen LogP contribution < -0.4 is 10.2 Å². The molecule has 2 aliphatic rings. The van der Waals surface area contributed by atoms with Gasteiger partial charge in [-0.1, -0.05) is 12.1 Å². The van der Waals surface area contributed by atoms with Crippen LogP contribution in [-0.4, -0.2) is 42.0 Å². The van der Waals surface area contributed by atoms with Crippen molar-refractivity contribution in [3.05, 3.63) is 29.8 Å². The molecule has 22 heavy (non-hydrogen) atoms. The molecule has 3 N–H and O–H groups in total. The number of aliphatic hydroxyl groups is 2. The topological polar surface area (TPSA) is 72.8 Å². The Morgan fingerprint density at radius 1 is 1.05 bits per heavy atom. The predicted molar refractivity (Wildman–Crippen MR) is 84.6 cm³/mol. The average molecular weight is 304 g/mol. The maximum absolute atomic E-state index is 10.8. The van der Waals surface area contributed by atoms with Crippen molar-refractivity contribution in [3.8, 4) is 0 Å². The summed E-state index contributed by atoms with van der Waals surface area (Å²) in [5.41, 5.74) is 2.27. The van der Waals surface area contributed by atoms with Crippen LogP contribution in [0.4, 0.5) is 5.69 Å². The van der Waals surface area contributed by atoms with Crippen molar-refractivity contribution < 1.29 is 15.0 Å². The van der Waals surface area contributed by atoms with E-state index in [2.05, 4.69) is 34.5 Å². The average Bonchev–Trinajstić information content (AvgIpc) is 2.55. The molecule has 0 saturated carbocycles. The third-order valence-corrected chi connectivity index (χ3v) is 4.91. The van der Waals surface area contributed by atoms with Gasteiger partial charge in [0.05, 0.1) is 0 Å². The van der Waals surface area contributed by atoms with Crippen molar-refractivity contribution in [2.75, 3.05) is 18.0 Å². The van der Waals surface area contributed by atoms with E-state index in [0.717, 1.165) is 44.2 Å². The maximum Gasteiger partial charge on any atom is 0.123 e. The van der Waals surface area contributed by atoms with E-state index in [1.165, 1.54) is 5.69 Å². The Labute approximate surface area is 130 Å². The highest BCUT2D eigenvalue weighted by Crippen LogP contribution is 2.30. The Morgan fingerprint density at radius 3 is 2.32 bits per heavy atom. The zero-order valence-corrected chi connectivity index (χ0v) is 12.7. The molecule has 2 heterocycles. The van der Waals surface area contributed by atoms with Crippen LogP contribution in [0.5, 0.6) is 0 Å². The second-order valence-corrected chi connectivity index (χ2v) is 6.36. The molecule has 2 saturated heterocycles. The van der Waals surface area contributed by atoms with Gasteiger partial charge in [-0.25, -0.2) is 0 Å². The largest absolute Gasteiger partial charge is 0.379 e. The third-order valence-electron chi connectivity index (χ3n) is 4.91. The van der Waals surface area contributed by atoms with Crippen LogP contribution in [0.3, 0.4) is 0 Å². The van der Waals surface area contributed by atoms with E-state index in [1.807, 2.05) is 0 Å². The summed E-state index contributed by atoms with van der Waals surface area (Å²) in [4.78, 5) is 13.1. The Bertz CT molecular complexity index is 497. The Morgan fingerprint density at radius 2 is 1.73 bits per heavy atom. The first-order chi connectivity index (χ1) is 10.7. The van der Waals surface area contributed by atoms with Gasteiger partial charge >= 0.3 is 0 Å². The van der Waals surface area contributed by atoms with E-state index in [0.29, 0.717) is 6.42 Å². The van der Waals surface area contributed by atoms with E-state index in [1.54, 1.807) is 0 Å². The molecule has 0 aliphatic carbocycles. The molecule has 1 aromatic carbocycles. The summed E-state index contributed by atoms with van der Waals surface area (Å²) in [6.45, 7) is 1.84. The van der Waals surface area contributed by atoms with Gasteiger partial charge < -0.3 is 19.9 Å². The highest BCUT2D eigenvalue weighted by molar-refractivity contribution is 5.55. The molecule has 3 unspecified atom stereocenters. The molecule has 120 valence electrons. The zero-order chi connectivity index (χ0) is 15.5. The van der Waals surface area contributed by atoms with Gasteiger partial charge in [0.25, 0.3) is 0 Å². The highest BCUT2D eigenvalue weighted by atomic mass is 16.3. The van der Waals surface area contributed by atoms with Gasteiger partial charge in [0.15, 0.2) is 0 Å². The minimum atomic E-state index is -0.696. The first kappa shape index (κ1) is 15.5. The second kappa shape index (κ2) is 6.77. The second-order valence-electron chi connectivity index (χ2n) is 6.36. The molecule has 0 bridgehead atoms. The molecular weight excluding hydrogens is 280 g/mol. The fourth-order valence-corrected chi connectivity index (χ4v) is 3.47. The van der Waals surface area contributed by atoms with Gasteiger partial charge in [0.2, 0.25) is 0 Å². The molecule has 1 aromatic rings. The predicted octanol–water partition coefficient (Wildman–Crippen LogP) is 1.21. The van der Waals surface area contributed by atoms with E-state index < -0.39 is 12.5 Å². The van der Waals surface area contributed by atoms with Crippen LogP contribution in [0.15, 0.2) is 24.3 Å². The number of carbonyl (C=O) groups excluding carboxylic acids is 1. The number of hydrogen-bond acceptors (Lipinski definition) is 5. The van der Waals surface area contributed by atoms with E-state index in [-0.39, 0.29) is 11.8 Å². The van der Waals surface area contributed by atoms with Gasteiger partial charge in [-0.2, -0.15) is 0 Å². The summed E-state index contributed by atoms with van der Waals surface area (Å²) >= 11 is 0. The number of nitrogens with zero attached hydrogens (tertiary/aromatic N) is 1. The number of hydrogen-bond donors (Lipinski definition) is 3. The van der Waals surface area contributed by atoms with Crippen LogP contribution in [0.2, 0.25) is 0 Å². The van der Waals surface area contributed by atoms with Gasteiger partial charge in [-0.05, 0) is 43.4 Å². The first-order valence-electron chi connectivity index (χ1n) is 8.10. The van der Waals surface area contributed by atoms with Crippen LogP contribution in [-0.2, 0) is 4.79 Å². The molecule has 3 atom stereocenters. The summed E-state index contributed by atoms with van der Waals surface area (Å²) < 4.78 is 0. The zero-order valence-electron chi connectivity index (χ0n) is 12.7. The maximum atomic E-state index is 10.8. The number of benzene rings is 1. The van der Waals surface area contributed by atoms with Gasteiger partial charge in [0, 0.05) is 30.6 Å². The lowest BCUT2D eigenvalue weighted by Gasteiger charge is -2.33. The molecule has 0 spiro atoms. The van der Waals surface area contributed by atoms with Crippen molar-refractivity contribution in [2.45, 2.75) is 44.1 Å². The fourth-order valence-electron chi connectivity index (χ4n) is 3.47. The molecule has 2 aliphatic heterocycles. The quantitative estimate of drug-likeness (QED) is 0.732. The van der Waals surface area contributed by atoms with Crippen LogP contribution >= 0.6 is 0 Å². The van der Waals surface area contributed by atoms with Crippen molar-refractivity contribution in [3.63, 3.8) is 0 Å². The number of rotatable bonds is 3. The molecule has 3 rings (SSSR count). The van der Waals surface area contributed by atoms with E-state index >= 15 is 0 Å². The Hall–Kier alpha value is -1.43. The highest BCUT2D eigenvalue weighted by Gasteiger charge is 2.28. The van der Waals surface area contributed by atoms with Gasteiger partial charge in [-0.3, -0.25) is 5.32 Å². The van der Waals surface area contributed by atoms with Crippen LogP contribution in [0, 0.1) is 5.92 Å². The molecule has 0 aromatic heterocycles. The standard InChI is InChI=1S/C17H24N2O3/c20-11-12-7-9-19(10-8-12)14-3-1-13(2-4-14)15-5-6-16(21)18-17(15)22/h1-4,11-12,15-18,21-22H,5-10H2. The van der Waals surface area contributed by atoms with Gasteiger partial charge in [-0.15, -0.1) is 0 Å². The van der Waals surface area contributed by atoms with Crippen LogP contribution in [0.1, 0.15) is 37.2 Å². The molecule has 5 nitrogen and oxygen atoms in total. The van der Waals surface area contributed by atoms with Crippen LogP contribution in [0.25, 0.3) is 0 Å². The first-order valence-corrected chi connectivity index (χ1v) is 8.10. The molecule has 0 radical (unpaired) electrons. The summed E-state index contributed by atoms with van der Waals surface area (Å²) in [7, 11) is 0. The number of aldehydes is 1. The minimum Gasteiger partial charge on any atom is -0.379 e. The van der Waals surface area contributed by atoms with E-state index in [4.69, 9.17) is 0 Å². The number of nitrogens with one attached hydrogen (secondary N) is 1. The number of carbonyl (C=O) groups is 1. The number of aliphatic hydroxyl groups excluding tert-OH is 2. The van der Waals surface area contributed by atoms with Gasteiger partial charge in [0.1, 0.15) is 18.7 Å². The smallest absolute Gasteiger partial charge is 0.123 e. The SMILES string of the molecule is O=CC1CCN(c2ccc(C3CCC(O)NC3O)cc2)CC1. The van der Waals surface area contributed by atoms with Crippen molar-refractivity contribution in [1.82, 2.24) is 5.32 Å². The lowest BCUT2D eigenvalue weighted by Crippen LogP contribution is -2.46. The molecule has 2 fully saturated rings. The van der Waals surface area contributed by atoms with Crippen molar-refractivity contribution in [2.24, 2.45) is 5.92 Å². The fraction of sp³-hybridized carbons (Fsp3) is 0.588. The number of anilines is 1. The summed E-state index contributed by atoms with van der Waals surface area (Å²) in [6, 6.07) is 8.31. The summed E-state index contributed by atoms with van der Waals surface area (Å²) in [5, 5.41) is 22.3. The summed E-state index contributed by atoms with van der Waals surface area (Å²) in [6.07, 6.45) is 3.06. The minimum absolute atomic E-state index is 0.0262. The third kappa shape index (κ3) is 3.32. The lowest BCUT2D eigenvalue weighted by atomic mass is 9.89. The molecule has 0 amide bonds. The Balaban J connectivity index is 1.64. The summed E-state index contributed by atoms with van der Waals surface area (Å²) in [5.74, 6) is 0.240.